The maximum atomic E-state index is 7.26. The molecule has 4 nitrogen and oxygen atoms in total. The molecule has 0 N–H and O–H groups in total. The number of para-hydroxylation sites is 1. The second-order valence-corrected chi connectivity index (χ2v) is 14.7. The zero-order valence-electron chi connectivity index (χ0n) is 29.3. The van der Waals surface area contributed by atoms with Crippen molar-refractivity contribution in [2.24, 2.45) is 0 Å². The van der Waals surface area contributed by atoms with Crippen molar-refractivity contribution in [2.75, 3.05) is 0 Å². The fourth-order valence-electron chi connectivity index (χ4n) is 9.35. The average Bonchev–Trinajstić information content (AvgIpc) is 3.75. The standard InChI is InChI=1S/C49H33N3O/c1-48(2)39-26-13-14-27-40(39)49(37-24-11-9-20-32(37)33-21-10-12-25-38(33)49)41-29-28-35-34-22-15-23-36(43(34)53-44(35)42(41)48)47-51-45(30-16-5-3-6-17-30)50-46(52-47)31-18-7-4-8-19-31/h3-29H,1-2H3. The van der Waals surface area contributed by atoms with Crippen LogP contribution in [0.4, 0.5) is 0 Å². The minimum absolute atomic E-state index is 0.356. The van der Waals surface area contributed by atoms with Crippen LogP contribution in [0.25, 0.3) is 67.2 Å². The van der Waals surface area contributed by atoms with E-state index in [-0.39, 0.29) is 5.41 Å². The Hall–Kier alpha value is -6.65. The highest BCUT2D eigenvalue weighted by atomic mass is 16.3. The number of hydrogen-bond acceptors (Lipinski definition) is 4. The SMILES string of the molecule is CC1(C)c2ccccc2C2(c3ccccc3-c3ccccc32)c2ccc3c(oc4c(-c5nc(-c6ccccc6)nc(-c6ccccc6)n5)cccc43)c21. The molecule has 2 aliphatic rings. The summed E-state index contributed by atoms with van der Waals surface area (Å²) < 4.78 is 7.26. The van der Waals surface area contributed by atoms with Gasteiger partial charge in [0.05, 0.1) is 11.0 Å². The van der Waals surface area contributed by atoms with E-state index in [9.17, 15) is 0 Å². The molecule has 0 saturated carbocycles. The van der Waals surface area contributed by atoms with Crippen LogP contribution in [0.2, 0.25) is 0 Å². The maximum Gasteiger partial charge on any atom is 0.167 e. The van der Waals surface area contributed by atoms with Gasteiger partial charge in [-0.3, -0.25) is 0 Å². The largest absolute Gasteiger partial charge is 0.455 e. The molecular weight excluding hydrogens is 647 g/mol. The third-order valence-corrected chi connectivity index (χ3v) is 11.6. The summed E-state index contributed by atoms with van der Waals surface area (Å²) in [6.45, 7) is 4.70. The van der Waals surface area contributed by atoms with Gasteiger partial charge in [-0.25, -0.2) is 15.0 Å². The van der Waals surface area contributed by atoms with Gasteiger partial charge in [-0.2, -0.15) is 0 Å². The van der Waals surface area contributed by atoms with Gasteiger partial charge in [-0.15, -0.1) is 0 Å². The molecule has 2 heterocycles. The number of hydrogen-bond donors (Lipinski definition) is 0. The van der Waals surface area contributed by atoms with Crippen molar-refractivity contribution in [3.05, 3.63) is 197 Å². The fourth-order valence-corrected chi connectivity index (χ4v) is 9.35. The molecule has 0 aliphatic heterocycles. The lowest BCUT2D eigenvalue weighted by atomic mass is 9.55. The lowest BCUT2D eigenvalue weighted by Crippen LogP contribution is -2.40. The molecule has 1 spiro atoms. The van der Waals surface area contributed by atoms with Gasteiger partial charge < -0.3 is 4.42 Å². The third-order valence-electron chi connectivity index (χ3n) is 11.6. The number of fused-ring (bicyclic) bond motifs is 13. The van der Waals surface area contributed by atoms with Crippen molar-refractivity contribution in [3.8, 4) is 45.3 Å². The van der Waals surface area contributed by atoms with Crippen molar-refractivity contribution in [3.63, 3.8) is 0 Å². The summed E-state index contributed by atoms with van der Waals surface area (Å²) in [6.07, 6.45) is 0. The minimum atomic E-state index is -0.492. The van der Waals surface area contributed by atoms with Crippen molar-refractivity contribution < 1.29 is 4.42 Å². The van der Waals surface area contributed by atoms with Gasteiger partial charge in [0.1, 0.15) is 11.2 Å². The quantitative estimate of drug-likeness (QED) is 0.186. The Kier molecular flexibility index (Phi) is 6.19. The number of benzene rings is 7. The molecule has 53 heavy (non-hydrogen) atoms. The number of nitrogens with zero attached hydrogens (tertiary/aromatic N) is 3. The molecule has 7 aromatic carbocycles. The monoisotopic (exact) mass is 679 g/mol. The first-order valence-corrected chi connectivity index (χ1v) is 18.2. The van der Waals surface area contributed by atoms with Gasteiger partial charge >= 0.3 is 0 Å². The summed E-state index contributed by atoms with van der Waals surface area (Å²) in [4.78, 5) is 15.1. The van der Waals surface area contributed by atoms with Gasteiger partial charge in [-0.05, 0) is 45.0 Å². The summed E-state index contributed by atoms with van der Waals surface area (Å²) in [6, 6.07) is 58.1. The van der Waals surface area contributed by atoms with Crippen molar-refractivity contribution in [1.82, 2.24) is 15.0 Å². The van der Waals surface area contributed by atoms with Crippen LogP contribution in [-0.2, 0) is 10.8 Å². The normalized spacial score (nSPS) is 14.5. The molecule has 0 radical (unpaired) electrons. The van der Waals surface area contributed by atoms with Crippen LogP contribution < -0.4 is 0 Å². The molecule has 4 heteroatoms. The molecule has 11 rings (SSSR count). The number of furan rings is 1. The first kappa shape index (κ1) is 30.0. The Bertz CT molecular complexity index is 2820. The van der Waals surface area contributed by atoms with E-state index in [0.29, 0.717) is 17.5 Å². The predicted molar refractivity (Wildman–Crippen MR) is 213 cm³/mol. The van der Waals surface area contributed by atoms with Crippen molar-refractivity contribution >= 4 is 21.9 Å². The van der Waals surface area contributed by atoms with Gasteiger partial charge in [0.25, 0.3) is 0 Å². The summed E-state index contributed by atoms with van der Waals surface area (Å²) in [5.74, 6) is 1.83. The average molecular weight is 680 g/mol. The first-order valence-electron chi connectivity index (χ1n) is 18.2. The maximum absolute atomic E-state index is 7.26. The van der Waals surface area contributed by atoms with E-state index in [1.54, 1.807) is 0 Å². The Balaban J connectivity index is 1.22. The number of aromatic nitrogens is 3. The fraction of sp³-hybridized carbons (Fsp3) is 0.0816. The van der Waals surface area contributed by atoms with E-state index in [0.717, 1.165) is 38.6 Å². The zero-order chi connectivity index (χ0) is 35.3. The van der Waals surface area contributed by atoms with Gasteiger partial charge in [-0.1, -0.05) is 172 Å². The van der Waals surface area contributed by atoms with E-state index in [4.69, 9.17) is 19.4 Å². The van der Waals surface area contributed by atoms with E-state index in [2.05, 4.69) is 117 Å². The summed E-state index contributed by atoms with van der Waals surface area (Å²) in [7, 11) is 0. The van der Waals surface area contributed by atoms with Gasteiger partial charge in [0.2, 0.25) is 0 Å². The minimum Gasteiger partial charge on any atom is -0.455 e. The van der Waals surface area contributed by atoms with Crippen LogP contribution >= 0.6 is 0 Å². The van der Waals surface area contributed by atoms with Crippen LogP contribution in [0, 0.1) is 0 Å². The van der Waals surface area contributed by atoms with Crippen LogP contribution in [-0.4, -0.2) is 15.0 Å². The lowest BCUT2D eigenvalue weighted by molar-refractivity contribution is 0.551. The summed E-state index contributed by atoms with van der Waals surface area (Å²) >= 11 is 0. The Morgan fingerprint density at radius 1 is 0.377 bits per heavy atom. The predicted octanol–water partition coefficient (Wildman–Crippen LogP) is 11.8. The van der Waals surface area contributed by atoms with Crippen LogP contribution in [0.15, 0.2) is 168 Å². The highest BCUT2D eigenvalue weighted by Crippen LogP contribution is 2.63. The van der Waals surface area contributed by atoms with E-state index in [1.165, 1.54) is 44.5 Å². The smallest absolute Gasteiger partial charge is 0.167 e. The van der Waals surface area contributed by atoms with Crippen molar-refractivity contribution in [2.45, 2.75) is 24.7 Å². The molecule has 0 fully saturated rings. The van der Waals surface area contributed by atoms with Gasteiger partial charge in [0, 0.05) is 32.9 Å². The van der Waals surface area contributed by atoms with Gasteiger partial charge in [0.15, 0.2) is 17.5 Å². The summed E-state index contributed by atoms with van der Waals surface area (Å²) in [5.41, 5.74) is 13.9. The highest BCUT2D eigenvalue weighted by Gasteiger charge is 2.54. The Morgan fingerprint density at radius 2 is 0.868 bits per heavy atom. The second-order valence-electron chi connectivity index (χ2n) is 14.7. The molecule has 2 aliphatic carbocycles. The topological polar surface area (TPSA) is 51.8 Å². The molecule has 0 atom stereocenters. The highest BCUT2D eigenvalue weighted by molar-refractivity contribution is 6.11. The van der Waals surface area contributed by atoms with Crippen LogP contribution in [0.3, 0.4) is 0 Å². The summed E-state index contributed by atoms with van der Waals surface area (Å²) in [5, 5.41) is 2.13. The lowest BCUT2D eigenvalue weighted by Gasteiger charge is -2.46. The zero-order valence-corrected chi connectivity index (χ0v) is 29.3. The van der Waals surface area contributed by atoms with Crippen molar-refractivity contribution in [1.29, 1.82) is 0 Å². The molecule has 0 amide bonds. The molecule has 2 aromatic heterocycles. The van der Waals surface area contributed by atoms with E-state index >= 15 is 0 Å². The molecule has 250 valence electrons. The van der Waals surface area contributed by atoms with Crippen LogP contribution in [0.1, 0.15) is 47.2 Å². The molecule has 0 unspecified atom stereocenters. The Labute approximate surface area is 307 Å². The second kappa shape index (κ2) is 10.9. The van der Waals surface area contributed by atoms with Crippen LogP contribution in [0.5, 0.6) is 0 Å². The third kappa shape index (κ3) is 4.03. The number of rotatable bonds is 3. The first-order chi connectivity index (χ1) is 26.0. The van der Waals surface area contributed by atoms with E-state index in [1.807, 2.05) is 60.7 Å². The molecule has 0 bridgehead atoms. The Morgan fingerprint density at radius 3 is 1.49 bits per heavy atom. The molecule has 0 saturated heterocycles. The molecule has 9 aromatic rings. The molecular formula is C49H33N3O. The van der Waals surface area contributed by atoms with E-state index < -0.39 is 5.41 Å².